The van der Waals surface area contributed by atoms with E-state index in [1.165, 1.54) is 6.92 Å². The predicted molar refractivity (Wildman–Crippen MR) is 142 cm³/mol. The number of ether oxygens (including phenoxy) is 4. The fourth-order valence-corrected chi connectivity index (χ4v) is 6.23. The van der Waals surface area contributed by atoms with Crippen molar-refractivity contribution in [1.29, 1.82) is 0 Å². The van der Waals surface area contributed by atoms with Gasteiger partial charge in [-0.15, -0.1) is 0 Å². The van der Waals surface area contributed by atoms with E-state index in [-0.39, 0.29) is 19.3 Å². The molecule has 7 atom stereocenters. The molecule has 1 saturated heterocycles. The van der Waals surface area contributed by atoms with E-state index in [1.807, 2.05) is 0 Å². The zero-order chi connectivity index (χ0) is 29.1. The minimum Gasteiger partial charge on any atom is -0.459 e. The standard InChI is InChI=1S/C30H44O9/c1-8-10-11-12-13-14-21(32)36-25-23-22(18(4)24(25)37-27(33)17(3)9-2)26-30(35,19(5)28(34)38-26)16-15-29(23,7)39-20(6)31/h9,19,23-26,35H,8,10-16H2,1-7H3. The van der Waals surface area contributed by atoms with Gasteiger partial charge in [0.25, 0.3) is 0 Å². The molecule has 0 aromatic rings. The van der Waals surface area contributed by atoms with Crippen molar-refractivity contribution in [2.24, 2.45) is 11.8 Å². The van der Waals surface area contributed by atoms with Crippen LogP contribution >= 0.6 is 0 Å². The number of hydrogen-bond donors (Lipinski definition) is 1. The van der Waals surface area contributed by atoms with Gasteiger partial charge in [0.1, 0.15) is 11.2 Å². The normalized spacial score (nSPS) is 34.1. The van der Waals surface area contributed by atoms with Gasteiger partial charge >= 0.3 is 23.9 Å². The van der Waals surface area contributed by atoms with Crippen LogP contribution in [0.25, 0.3) is 0 Å². The molecule has 2 fully saturated rings. The van der Waals surface area contributed by atoms with Crippen molar-refractivity contribution < 1.29 is 43.2 Å². The first kappa shape index (κ1) is 30.9. The van der Waals surface area contributed by atoms with Crippen LogP contribution < -0.4 is 0 Å². The van der Waals surface area contributed by atoms with Gasteiger partial charge in [0.2, 0.25) is 0 Å². The largest absolute Gasteiger partial charge is 0.459 e. The maximum atomic E-state index is 13.1. The first-order valence-corrected chi connectivity index (χ1v) is 14.2. The Balaban J connectivity index is 2.07. The molecule has 1 aliphatic heterocycles. The summed E-state index contributed by atoms with van der Waals surface area (Å²) in [6, 6.07) is 0. The van der Waals surface area contributed by atoms with Crippen molar-refractivity contribution >= 4 is 23.9 Å². The second-order valence-corrected chi connectivity index (χ2v) is 11.5. The van der Waals surface area contributed by atoms with Gasteiger partial charge in [-0.05, 0) is 65.0 Å². The van der Waals surface area contributed by atoms with Crippen LogP contribution in [0.5, 0.6) is 0 Å². The van der Waals surface area contributed by atoms with Gasteiger partial charge in [0.05, 0.1) is 11.8 Å². The summed E-state index contributed by atoms with van der Waals surface area (Å²) in [5, 5.41) is 11.8. The van der Waals surface area contributed by atoms with Gasteiger partial charge < -0.3 is 24.1 Å². The molecule has 0 spiro atoms. The molecule has 9 heteroatoms. The molecule has 0 amide bonds. The van der Waals surface area contributed by atoms with Crippen LogP contribution in [0.15, 0.2) is 22.8 Å². The Kier molecular flexibility index (Phi) is 9.68. The lowest BCUT2D eigenvalue weighted by molar-refractivity contribution is -0.181. The second kappa shape index (κ2) is 12.2. The predicted octanol–water partition coefficient (Wildman–Crippen LogP) is 4.49. The van der Waals surface area contributed by atoms with E-state index >= 15 is 0 Å². The van der Waals surface area contributed by atoms with E-state index in [0.29, 0.717) is 23.1 Å². The summed E-state index contributed by atoms with van der Waals surface area (Å²) in [7, 11) is 0. The van der Waals surface area contributed by atoms with Crippen molar-refractivity contribution in [2.75, 3.05) is 0 Å². The van der Waals surface area contributed by atoms with E-state index in [4.69, 9.17) is 18.9 Å². The third-order valence-corrected chi connectivity index (χ3v) is 8.72. The van der Waals surface area contributed by atoms with Crippen LogP contribution in [-0.4, -0.2) is 58.5 Å². The number of carbonyl (C=O) groups is 4. The molecular weight excluding hydrogens is 504 g/mol. The SMILES string of the molecule is CC=C(C)C(=O)OC1C(C)=C2C(C1OC(=O)CCCCCCC)C(C)(OC(C)=O)CCC1(O)C(C)C(=O)OC21. The van der Waals surface area contributed by atoms with Crippen molar-refractivity contribution in [3.63, 3.8) is 0 Å². The van der Waals surface area contributed by atoms with E-state index < -0.39 is 65.2 Å². The Labute approximate surface area is 231 Å². The molecule has 7 unspecified atom stereocenters. The molecule has 0 bridgehead atoms. The first-order valence-electron chi connectivity index (χ1n) is 14.2. The van der Waals surface area contributed by atoms with Gasteiger partial charge in [-0.2, -0.15) is 0 Å². The number of fused-ring (bicyclic) bond motifs is 3. The Bertz CT molecular complexity index is 1040. The van der Waals surface area contributed by atoms with Gasteiger partial charge in [0.15, 0.2) is 18.3 Å². The number of carbonyl (C=O) groups excluding carboxylic acids is 4. The highest BCUT2D eigenvalue weighted by Crippen LogP contribution is 2.56. The molecule has 0 aromatic carbocycles. The topological polar surface area (TPSA) is 125 Å². The van der Waals surface area contributed by atoms with Crippen LogP contribution in [-0.2, 0) is 38.1 Å². The number of esters is 4. The minimum atomic E-state index is -1.56. The number of rotatable bonds is 10. The summed E-state index contributed by atoms with van der Waals surface area (Å²) < 4.78 is 23.6. The Morgan fingerprint density at radius 3 is 2.38 bits per heavy atom. The summed E-state index contributed by atoms with van der Waals surface area (Å²) in [5.74, 6) is -3.73. The summed E-state index contributed by atoms with van der Waals surface area (Å²) >= 11 is 0. The molecule has 39 heavy (non-hydrogen) atoms. The van der Waals surface area contributed by atoms with Crippen molar-refractivity contribution in [3.05, 3.63) is 22.8 Å². The van der Waals surface area contributed by atoms with Crippen molar-refractivity contribution in [1.82, 2.24) is 0 Å². The highest BCUT2D eigenvalue weighted by atomic mass is 16.6. The molecule has 3 aliphatic rings. The van der Waals surface area contributed by atoms with Crippen LogP contribution in [0.3, 0.4) is 0 Å². The highest BCUT2D eigenvalue weighted by molar-refractivity contribution is 5.88. The number of hydrogen-bond acceptors (Lipinski definition) is 9. The zero-order valence-corrected chi connectivity index (χ0v) is 24.3. The Hall–Kier alpha value is -2.68. The fraction of sp³-hybridized carbons (Fsp3) is 0.733. The van der Waals surface area contributed by atoms with E-state index in [2.05, 4.69) is 6.92 Å². The summed E-state index contributed by atoms with van der Waals surface area (Å²) in [6.45, 7) is 11.8. The van der Waals surface area contributed by atoms with Gasteiger partial charge in [-0.1, -0.05) is 38.7 Å². The summed E-state index contributed by atoms with van der Waals surface area (Å²) in [5.41, 5.74) is -1.41. The lowest BCUT2D eigenvalue weighted by atomic mass is 9.79. The van der Waals surface area contributed by atoms with Crippen LogP contribution in [0, 0.1) is 11.8 Å². The van der Waals surface area contributed by atoms with E-state index in [9.17, 15) is 24.3 Å². The quantitative estimate of drug-likeness (QED) is 0.138. The number of allylic oxidation sites excluding steroid dienone is 1. The maximum absolute atomic E-state index is 13.1. The first-order chi connectivity index (χ1) is 18.3. The molecule has 1 saturated carbocycles. The molecule has 218 valence electrons. The summed E-state index contributed by atoms with van der Waals surface area (Å²) in [4.78, 5) is 51.0. The molecule has 0 radical (unpaired) electrons. The minimum absolute atomic E-state index is 0.127. The molecule has 0 aromatic heterocycles. The van der Waals surface area contributed by atoms with E-state index in [0.717, 1.165) is 25.7 Å². The average molecular weight is 549 g/mol. The third-order valence-electron chi connectivity index (χ3n) is 8.72. The van der Waals surface area contributed by atoms with Gasteiger partial charge in [-0.25, -0.2) is 4.79 Å². The number of aliphatic hydroxyl groups is 1. The fourth-order valence-electron chi connectivity index (χ4n) is 6.23. The average Bonchev–Trinajstić information content (AvgIpc) is 3.23. The van der Waals surface area contributed by atoms with Crippen LogP contribution in [0.4, 0.5) is 0 Å². The Morgan fingerprint density at radius 1 is 1.10 bits per heavy atom. The monoisotopic (exact) mass is 548 g/mol. The highest BCUT2D eigenvalue weighted by Gasteiger charge is 2.66. The van der Waals surface area contributed by atoms with Crippen molar-refractivity contribution in [2.45, 2.75) is 129 Å². The van der Waals surface area contributed by atoms with Crippen LogP contribution in [0.2, 0.25) is 0 Å². The molecule has 9 nitrogen and oxygen atoms in total. The molecule has 2 aliphatic carbocycles. The maximum Gasteiger partial charge on any atom is 0.334 e. The van der Waals surface area contributed by atoms with Gasteiger partial charge in [-0.3, -0.25) is 14.4 Å². The lowest BCUT2D eigenvalue weighted by Gasteiger charge is -2.39. The smallest absolute Gasteiger partial charge is 0.334 e. The van der Waals surface area contributed by atoms with Crippen LogP contribution in [0.1, 0.15) is 99.8 Å². The van der Waals surface area contributed by atoms with E-state index in [1.54, 1.807) is 40.7 Å². The van der Waals surface area contributed by atoms with Crippen molar-refractivity contribution in [3.8, 4) is 0 Å². The lowest BCUT2D eigenvalue weighted by Crippen LogP contribution is -2.49. The molecular formula is C30H44O9. The summed E-state index contributed by atoms with van der Waals surface area (Å²) in [6.07, 6.45) is 3.80. The number of unbranched alkanes of at least 4 members (excludes halogenated alkanes) is 4. The molecule has 3 rings (SSSR count). The van der Waals surface area contributed by atoms with Gasteiger partial charge in [0, 0.05) is 18.9 Å². The molecule has 1 N–H and O–H groups in total. The zero-order valence-electron chi connectivity index (χ0n) is 24.3. The second-order valence-electron chi connectivity index (χ2n) is 11.5. The third kappa shape index (κ3) is 6.08. The molecule has 1 heterocycles. The Morgan fingerprint density at radius 2 is 1.77 bits per heavy atom.